The average Bonchev–Trinajstić information content (AvgIpc) is 2.72. The van der Waals surface area contributed by atoms with E-state index in [-0.39, 0.29) is 19.8 Å². The van der Waals surface area contributed by atoms with Crippen molar-refractivity contribution in [2.45, 2.75) is 6.61 Å². The predicted molar refractivity (Wildman–Crippen MR) is 100 cm³/mol. The van der Waals surface area contributed by atoms with E-state index in [1.54, 1.807) is 36.5 Å². The number of nitrogens with one attached hydrogen (secondary N) is 2. The van der Waals surface area contributed by atoms with E-state index in [1.165, 1.54) is 6.33 Å². The second-order valence-corrected chi connectivity index (χ2v) is 5.56. The summed E-state index contributed by atoms with van der Waals surface area (Å²) in [7, 11) is 0. The smallest absolute Gasteiger partial charge is 0.404 e. The molecule has 4 N–H and O–H groups in total. The molecule has 0 aliphatic carbocycles. The van der Waals surface area contributed by atoms with Gasteiger partial charge in [0.15, 0.2) is 5.82 Å². The van der Waals surface area contributed by atoms with Gasteiger partial charge in [0.1, 0.15) is 18.7 Å². The second-order valence-electron chi connectivity index (χ2n) is 5.56. The summed E-state index contributed by atoms with van der Waals surface area (Å²) in [5.74, 6) is 1.37. The Morgan fingerprint density at radius 2 is 2.04 bits per heavy atom. The van der Waals surface area contributed by atoms with Crippen molar-refractivity contribution in [3.05, 3.63) is 54.6 Å². The summed E-state index contributed by atoms with van der Waals surface area (Å²) < 4.78 is 5.50. The third kappa shape index (κ3) is 5.35. The number of pyridine rings is 1. The zero-order valence-electron chi connectivity index (χ0n) is 14.7. The highest BCUT2D eigenvalue weighted by Gasteiger charge is 2.06. The summed E-state index contributed by atoms with van der Waals surface area (Å²) in [6.07, 6.45) is 1.88. The number of ether oxygens (including phenoxy) is 1. The molecular weight excluding hydrogens is 364 g/mol. The molecule has 3 aromatic rings. The maximum atomic E-state index is 10.4. The Kier molecular flexibility index (Phi) is 6.26. The van der Waals surface area contributed by atoms with Crippen LogP contribution in [0.1, 0.15) is 5.69 Å². The lowest BCUT2D eigenvalue weighted by atomic mass is 10.2. The fraction of sp³-hybridized carbons (Fsp3) is 0.167. The lowest BCUT2D eigenvalue weighted by molar-refractivity contribution is 0.191. The first-order valence-electron chi connectivity index (χ1n) is 8.36. The van der Waals surface area contributed by atoms with Gasteiger partial charge in [0.05, 0.1) is 18.8 Å². The average molecular weight is 382 g/mol. The third-order valence-corrected chi connectivity index (χ3v) is 3.55. The van der Waals surface area contributed by atoms with E-state index in [0.717, 1.165) is 0 Å². The van der Waals surface area contributed by atoms with E-state index in [1.807, 2.05) is 6.07 Å². The topological polar surface area (TPSA) is 142 Å². The molecule has 0 unspecified atom stereocenters. The number of aromatic nitrogens is 4. The Morgan fingerprint density at radius 3 is 2.86 bits per heavy atom. The Labute approximate surface area is 160 Å². The van der Waals surface area contributed by atoms with Gasteiger partial charge in [-0.15, -0.1) is 0 Å². The summed E-state index contributed by atoms with van der Waals surface area (Å²) in [5, 5.41) is 23.1. The van der Waals surface area contributed by atoms with E-state index in [0.29, 0.717) is 34.5 Å². The molecule has 3 rings (SSSR count). The zero-order valence-corrected chi connectivity index (χ0v) is 14.7. The molecule has 0 spiro atoms. The van der Waals surface area contributed by atoms with Crippen LogP contribution in [0.25, 0.3) is 11.4 Å². The zero-order chi connectivity index (χ0) is 19.8. The molecule has 0 atom stereocenters. The summed E-state index contributed by atoms with van der Waals surface area (Å²) in [6, 6.07) is 10.6. The molecule has 2 heterocycles. The standard InChI is InChI=1S/C18H18N6O4/c25-10-14-8-12(4-5-19-14)16-21-11-22-17(24-16)23-13-2-1-3-15(9-13)28-7-6-20-18(26)27/h1-5,8-9,11,20,25H,6-7,10H2,(H,26,27)(H,21,22,23,24). The van der Waals surface area contributed by atoms with Gasteiger partial charge in [0.2, 0.25) is 5.95 Å². The van der Waals surface area contributed by atoms with Crippen molar-refractivity contribution in [3.8, 4) is 17.1 Å². The van der Waals surface area contributed by atoms with Crippen molar-refractivity contribution in [1.29, 1.82) is 0 Å². The monoisotopic (exact) mass is 382 g/mol. The molecule has 0 aliphatic rings. The van der Waals surface area contributed by atoms with Crippen LogP contribution in [-0.4, -0.2) is 49.4 Å². The molecule has 0 fully saturated rings. The van der Waals surface area contributed by atoms with Crippen molar-refractivity contribution < 1.29 is 19.7 Å². The molecule has 10 nitrogen and oxygen atoms in total. The van der Waals surface area contributed by atoms with E-state index in [2.05, 4.69) is 30.6 Å². The third-order valence-electron chi connectivity index (χ3n) is 3.55. The molecular formula is C18H18N6O4. The second kappa shape index (κ2) is 9.24. The van der Waals surface area contributed by atoms with Gasteiger partial charge in [-0.1, -0.05) is 6.07 Å². The summed E-state index contributed by atoms with van der Waals surface area (Å²) in [4.78, 5) is 27.1. The molecule has 0 radical (unpaired) electrons. The molecule has 1 amide bonds. The van der Waals surface area contributed by atoms with Gasteiger partial charge in [-0.05, 0) is 24.3 Å². The molecule has 10 heteroatoms. The molecule has 144 valence electrons. The molecule has 1 aromatic carbocycles. The Morgan fingerprint density at radius 1 is 1.14 bits per heavy atom. The SMILES string of the molecule is O=C(O)NCCOc1cccc(Nc2ncnc(-c3ccnc(CO)c3)n2)c1. The summed E-state index contributed by atoms with van der Waals surface area (Å²) in [6.45, 7) is 0.227. The first kappa shape index (κ1) is 19.0. The Bertz CT molecular complexity index is 953. The van der Waals surface area contributed by atoms with Gasteiger partial charge in [0, 0.05) is 23.5 Å². The Balaban J connectivity index is 1.68. The van der Waals surface area contributed by atoms with Gasteiger partial charge in [-0.2, -0.15) is 4.98 Å². The molecule has 2 aromatic heterocycles. The van der Waals surface area contributed by atoms with E-state index in [9.17, 15) is 9.90 Å². The fourth-order valence-electron chi connectivity index (χ4n) is 2.32. The number of anilines is 2. The largest absolute Gasteiger partial charge is 0.492 e. The number of amides is 1. The van der Waals surface area contributed by atoms with Crippen LogP contribution < -0.4 is 15.4 Å². The number of aliphatic hydroxyl groups excluding tert-OH is 1. The number of hydrogen-bond donors (Lipinski definition) is 4. The summed E-state index contributed by atoms with van der Waals surface area (Å²) in [5.41, 5.74) is 1.94. The van der Waals surface area contributed by atoms with Crippen LogP contribution in [0.15, 0.2) is 48.9 Å². The normalized spacial score (nSPS) is 10.3. The van der Waals surface area contributed by atoms with Crippen molar-refractivity contribution in [3.63, 3.8) is 0 Å². The van der Waals surface area contributed by atoms with Gasteiger partial charge >= 0.3 is 6.09 Å². The van der Waals surface area contributed by atoms with Crippen molar-refractivity contribution in [2.24, 2.45) is 0 Å². The highest BCUT2D eigenvalue weighted by molar-refractivity contribution is 5.64. The Hall–Kier alpha value is -3.79. The first-order valence-corrected chi connectivity index (χ1v) is 8.36. The van der Waals surface area contributed by atoms with Crippen LogP contribution >= 0.6 is 0 Å². The maximum Gasteiger partial charge on any atom is 0.404 e. The number of nitrogens with zero attached hydrogens (tertiary/aromatic N) is 4. The number of carboxylic acid groups (broad SMARTS) is 1. The van der Waals surface area contributed by atoms with Gasteiger partial charge in [-0.3, -0.25) is 4.98 Å². The van der Waals surface area contributed by atoms with E-state index in [4.69, 9.17) is 9.84 Å². The van der Waals surface area contributed by atoms with Crippen molar-refractivity contribution >= 4 is 17.7 Å². The van der Waals surface area contributed by atoms with Crippen molar-refractivity contribution in [2.75, 3.05) is 18.5 Å². The number of hydrogen-bond acceptors (Lipinski definition) is 8. The van der Waals surface area contributed by atoms with Gasteiger partial charge in [-0.25, -0.2) is 14.8 Å². The fourth-order valence-corrected chi connectivity index (χ4v) is 2.32. The van der Waals surface area contributed by atoms with Gasteiger partial charge in [0.25, 0.3) is 0 Å². The molecule has 28 heavy (non-hydrogen) atoms. The highest BCUT2D eigenvalue weighted by Crippen LogP contribution is 2.21. The highest BCUT2D eigenvalue weighted by atomic mass is 16.5. The van der Waals surface area contributed by atoms with Crippen LogP contribution in [0.4, 0.5) is 16.4 Å². The summed E-state index contributed by atoms with van der Waals surface area (Å²) >= 11 is 0. The number of carbonyl (C=O) groups is 1. The van der Waals surface area contributed by atoms with Crippen LogP contribution in [0, 0.1) is 0 Å². The molecule has 0 aliphatic heterocycles. The maximum absolute atomic E-state index is 10.4. The molecule has 0 saturated carbocycles. The van der Waals surface area contributed by atoms with Crippen LogP contribution in [-0.2, 0) is 6.61 Å². The van der Waals surface area contributed by atoms with Crippen molar-refractivity contribution in [1.82, 2.24) is 25.3 Å². The lowest BCUT2D eigenvalue weighted by Crippen LogP contribution is -2.26. The minimum absolute atomic E-state index is 0.168. The first-order chi connectivity index (χ1) is 13.6. The van der Waals surface area contributed by atoms with E-state index < -0.39 is 6.09 Å². The van der Waals surface area contributed by atoms with Crippen LogP contribution in [0.2, 0.25) is 0 Å². The van der Waals surface area contributed by atoms with Gasteiger partial charge < -0.3 is 25.6 Å². The lowest BCUT2D eigenvalue weighted by Gasteiger charge is -2.09. The van der Waals surface area contributed by atoms with E-state index >= 15 is 0 Å². The number of aliphatic hydroxyl groups is 1. The minimum atomic E-state index is -1.09. The predicted octanol–water partition coefficient (Wildman–Crippen LogP) is 1.82. The quantitative estimate of drug-likeness (QED) is 0.429. The molecule has 0 bridgehead atoms. The van der Waals surface area contributed by atoms with Crippen LogP contribution in [0.3, 0.4) is 0 Å². The minimum Gasteiger partial charge on any atom is -0.492 e. The molecule has 0 saturated heterocycles. The van der Waals surface area contributed by atoms with Crippen LogP contribution in [0.5, 0.6) is 5.75 Å². The number of rotatable bonds is 8. The number of benzene rings is 1.